The molecule has 0 saturated heterocycles. The van der Waals surface area contributed by atoms with E-state index in [0.29, 0.717) is 5.25 Å². The Kier molecular flexibility index (Phi) is 3.65. The number of rotatable bonds is 2. The lowest BCUT2D eigenvalue weighted by molar-refractivity contribution is -0.0922. The van der Waals surface area contributed by atoms with Gasteiger partial charge >= 0.3 is 0 Å². The van der Waals surface area contributed by atoms with E-state index >= 15 is 0 Å². The lowest BCUT2D eigenvalue weighted by Crippen LogP contribution is -2.26. The molecule has 0 aromatic rings. The molecule has 0 bridgehead atoms. The van der Waals surface area contributed by atoms with E-state index in [4.69, 9.17) is 14.8 Å². The van der Waals surface area contributed by atoms with Gasteiger partial charge in [-0.1, -0.05) is 0 Å². The molecular weight excluding hydrogens is 164 g/mol. The van der Waals surface area contributed by atoms with Crippen LogP contribution in [-0.4, -0.2) is 26.3 Å². The number of aliphatic hydroxyl groups is 2. The van der Waals surface area contributed by atoms with Gasteiger partial charge < -0.3 is 14.8 Å². The first-order valence-corrected chi connectivity index (χ1v) is 4.74. The van der Waals surface area contributed by atoms with Crippen LogP contribution in [0.5, 0.6) is 0 Å². The smallest absolute Gasteiger partial charge is 0.154 e. The second-order valence-corrected chi connectivity index (χ2v) is 3.93. The fourth-order valence-corrected chi connectivity index (χ4v) is 1.98. The van der Waals surface area contributed by atoms with Crippen molar-refractivity contribution in [2.75, 3.05) is 0 Å². The summed E-state index contributed by atoms with van der Waals surface area (Å²) in [4.78, 5) is 0. The predicted octanol–water partition coefficient (Wildman–Crippen LogP) is 1.06. The second-order valence-electron chi connectivity index (χ2n) is 3.06. The van der Waals surface area contributed by atoms with Crippen molar-refractivity contribution in [3.63, 3.8) is 0 Å². The third kappa shape index (κ3) is 2.63. The van der Waals surface area contributed by atoms with Crippen molar-refractivity contribution in [3.8, 4) is 0 Å². The molecule has 11 heavy (non-hydrogen) atoms. The van der Waals surface area contributed by atoms with E-state index in [-0.39, 0.29) is 5.92 Å². The quantitative estimate of drug-likeness (QED) is 0.437. The third-order valence-corrected chi connectivity index (χ3v) is 3.06. The largest absolute Gasteiger partial charge is 0.368 e. The van der Waals surface area contributed by atoms with Gasteiger partial charge in [-0.25, -0.2) is 0 Å². The first kappa shape index (κ1) is 9.32. The van der Waals surface area contributed by atoms with Gasteiger partial charge in [0.25, 0.3) is 0 Å². The Balaban J connectivity index is 2.24. The first-order valence-electron chi connectivity index (χ1n) is 3.90. The van der Waals surface area contributed by atoms with Gasteiger partial charge in [0.05, 0.1) is 0 Å². The summed E-state index contributed by atoms with van der Waals surface area (Å²) in [6, 6.07) is 0. The molecule has 3 N–H and O–H groups in total. The molecule has 1 rings (SSSR count). The maximum atomic E-state index is 8.82. The summed E-state index contributed by atoms with van der Waals surface area (Å²) in [6.07, 6.45) is 2.25. The average Bonchev–Trinajstić information content (AvgIpc) is 2.05. The van der Waals surface area contributed by atoms with Crippen molar-refractivity contribution in [2.24, 2.45) is 5.92 Å². The molecule has 1 aliphatic carbocycles. The number of aliphatic hydroxyl groups excluding tert-OH is 1. The molecule has 0 aromatic carbocycles. The topological polar surface area (TPSA) is 60.7 Å². The van der Waals surface area contributed by atoms with Crippen LogP contribution < -0.4 is 0 Å². The van der Waals surface area contributed by atoms with Crippen molar-refractivity contribution in [2.45, 2.75) is 37.2 Å². The molecule has 3 nitrogen and oxygen atoms in total. The van der Waals surface area contributed by atoms with Crippen LogP contribution in [0.1, 0.15) is 25.7 Å². The zero-order valence-corrected chi connectivity index (χ0v) is 7.13. The van der Waals surface area contributed by atoms with Gasteiger partial charge in [0, 0.05) is 11.2 Å². The highest BCUT2D eigenvalue weighted by Gasteiger charge is 2.25. The third-order valence-electron chi connectivity index (χ3n) is 2.29. The molecule has 0 amide bonds. The molecular formula is C7H14O3S. The molecule has 0 aliphatic heterocycles. The van der Waals surface area contributed by atoms with E-state index in [1.54, 1.807) is 0 Å². The molecule has 4 heteroatoms. The van der Waals surface area contributed by atoms with Gasteiger partial charge in [0.15, 0.2) is 6.29 Å². The van der Waals surface area contributed by atoms with E-state index in [1.165, 1.54) is 0 Å². The van der Waals surface area contributed by atoms with Gasteiger partial charge in [-0.05, 0) is 37.7 Å². The lowest BCUT2D eigenvalue weighted by Gasteiger charge is -2.27. The van der Waals surface area contributed by atoms with E-state index in [2.05, 4.69) is 0 Å². The van der Waals surface area contributed by atoms with Crippen LogP contribution in [0.15, 0.2) is 0 Å². The normalized spacial score (nSPS) is 32.7. The van der Waals surface area contributed by atoms with Crippen molar-refractivity contribution in [3.05, 3.63) is 0 Å². The maximum absolute atomic E-state index is 8.82. The zero-order valence-electron chi connectivity index (χ0n) is 6.31. The SMILES string of the molecule is OSC1CCC(C(O)O)CC1. The van der Waals surface area contributed by atoms with Crippen LogP contribution in [-0.2, 0) is 0 Å². The van der Waals surface area contributed by atoms with Crippen molar-refractivity contribution in [1.82, 2.24) is 0 Å². The van der Waals surface area contributed by atoms with E-state index in [1.807, 2.05) is 0 Å². The Morgan fingerprint density at radius 2 is 1.64 bits per heavy atom. The Morgan fingerprint density at radius 3 is 2.00 bits per heavy atom. The Morgan fingerprint density at radius 1 is 1.09 bits per heavy atom. The van der Waals surface area contributed by atoms with Gasteiger partial charge in [0.1, 0.15) is 0 Å². The fraction of sp³-hybridized carbons (Fsp3) is 1.00. The van der Waals surface area contributed by atoms with E-state index in [0.717, 1.165) is 37.7 Å². The van der Waals surface area contributed by atoms with Gasteiger partial charge in [-0.15, -0.1) is 0 Å². The van der Waals surface area contributed by atoms with Crippen LogP contribution in [0.2, 0.25) is 0 Å². The summed E-state index contributed by atoms with van der Waals surface area (Å²) in [7, 11) is 0. The summed E-state index contributed by atoms with van der Waals surface area (Å²) >= 11 is 0.896. The molecule has 0 spiro atoms. The average molecular weight is 178 g/mol. The van der Waals surface area contributed by atoms with Crippen molar-refractivity contribution in [1.29, 1.82) is 0 Å². The van der Waals surface area contributed by atoms with Crippen molar-refractivity contribution >= 4 is 12.0 Å². The van der Waals surface area contributed by atoms with Crippen LogP contribution >= 0.6 is 12.0 Å². The molecule has 0 unspecified atom stereocenters. The van der Waals surface area contributed by atoms with Crippen LogP contribution in [0.4, 0.5) is 0 Å². The molecule has 0 atom stereocenters. The summed E-state index contributed by atoms with van der Waals surface area (Å²) in [6.45, 7) is 0. The predicted molar refractivity (Wildman–Crippen MR) is 44.2 cm³/mol. The van der Waals surface area contributed by atoms with Gasteiger partial charge in [0.2, 0.25) is 0 Å². The Bertz CT molecular complexity index is 110. The first-order chi connectivity index (χ1) is 5.24. The Labute approximate surface area is 70.6 Å². The molecule has 0 aromatic heterocycles. The van der Waals surface area contributed by atoms with Crippen LogP contribution in [0.25, 0.3) is 0 Å². The highest BCUT2D eigenvalue weighted by atomic mass is 32.2. The van der Waals surface area contributed by atoms with Gasteiger partial charge in [-0.3, -0.25) is 0 Å². The molecule has 66 valence electrons. The fourth-order valence-electron chi connectivity index (χ4n) is 1.49. The summed E-state index contributed by atoms with van der Waals surface area (Å²) in [5.41, 5.74) is 0. The maximum Gasteiger partial charge on any atom is 0.154 e. The molecule has 1 saturated carbocycles. The molecule has 1 fully saturated rings. The standard InChI is InChI=1S/C7H14O3S/c8-7(9)5-1-3-6(11-10)4-2-5/h5-10H,1-4H2. The highest BCUT2D eigenvalue weighted by molar-refractivity contribution is 7.94. The minimum atomic E-state index is -1.17. The molecule has 0 radical (unpaired) electrons. The van der Waals surface area contributed by atoms with Crippen molar-refractivity contribution < 1.29 is 14.8 Å². The number of hydrogen-bond donors (Lipinski definition) is 3. The van der Waals surface area contributed by atoms with E-state index in [9.17, 15) is 0 Å². The van der Waals surface area contributed by atoms with E-state index < -0.39 is 6.29 Å². The summed E-state index contributed by atoms with van der Waals surface area (Å²) in [5, 5.41) is 18.0. The highest BCUT2D eigenvalue weighted by Crippen LogP contribution is 2.31. The lowest BCUT2D eigenvalue weighted by atomic mass is 9.88. The molecule has 0 heterocycles. The molecule has 1 aliphatic rings. The van der Waals surface area contributed by atoms with Crippen LogP contribution in [0, 0.1) is 5.92 Å². The summed E-state index contributed by atoms with van der Waals surface area (Å²) < 4.78 is 8.71. The van der Waals surface area contributed by atoms with Gasteiger partial charge in [-0.2, -0.15) is 0 Å². The zero-order chi connectivity index (χ0) is 8.27. The summed E-state index contributed by atoms with van der Waals surface area (Å²) in [5.74, 6) is 0.0263. The minimum Gasteiger partial charge on any atom is -0.368 e. The van der Waals surface area contributed by atoms with Crippen LogP contribution in [0.3, 0.4) is 0 Å². The number of hydrogen-bond acceptors (Lipinski definition) is 4. The monoisotopic (exact) mass is 178 g/mol. The minimum absolute atomic E-state index is 0.0263. The Hall–Kier alpha value is 0.230. The second kappa shape index (κ2) is 4.30.